The lowest BCUT2D eigenvalue weighted by Gasteiger charge is -2.18. The third kappa shape index (κ3) is 1.34. The van der Waals surface area contributed by atoms with E-state index in [0.29, 0.717) is 18.9 Å². The second kappa shape index (κ2) is 3.27. The highest BCUT2D eigenvalue weighted by Gasteiger charge is 2.13. The fourth-order valence-electron chi connectivity index (χ4n) is 1.82. The molecule has 0 radical (unpaired) electrons. The molecule has 4 nitrogen and oxygen atoms in total. The van der Waals surface area contributed by atoms with Crippen LogP contribution in [0.1, 0.15) is 5.69 Å². The summed E-state index contributed by atoms with van der Waals surface area (Å²) in [5.74, 6) is 1.53. The first-order valence-corrected chi connectivity index (χ1v) is 5.20. The van der Waals surface area contributed by atoms with Gasteiger partial charge >= 0.3 is 0 Å². The lowest BCUT2D eigenvalue weighted by atomic mass is 10.1. The van der Waals surface area contributed by atoms with Crippen molar-refractivity contribution in [3.63, 3.8) is 0 Å². The molecule has 3 rings (SSSR count). The molecule has 0 saturated heterocycles. The van der Waals surface area contributed by atoms with Gasteiger partial charge in [-0.25, -0.2) is 0 Å². The Balaban J connectivity index is 2.27. The number of aryl methyl sites for hydroxylation is 1. The van der Waals surface area contributed by atoms with Crippen LogP contribution in [-0.2, 0) is 0 Å². The smallest absolute Gasteiger partial charge is 0.163 e. The first kappa shape index (κ1) is 9.27. The minimum absolute atomic E-state index is 0.590. The van der Waals surface area contributed by atoms with Crippen molar-refractivity contribution in [2.24, 2.45) is 0 Å². The molecule has 1 aliphatic heterocycles. The third-order valence-corrected chi connectivity index (χ3v) is 2.71. The van der Waals surface area contributed by atoms with Crippen molar-refractivity contribution in [2.45, 2.75) is 6.92 Å². The highest BCUT2D eigenvalue weighted by atomic mass is 16.6. The predicted molar refractivity (Wildman–Crippen MR) is 61.9 cm³/mol. The molecule has 0 aliphatic carbocycles. The van der Waals surface area contributed by atoms with E-state index in [-0.39, 0.29) is 0 Å². The van der Waals surface area contributed by atoms with Crippen molar-refractivity contribution in [1.29, 1.82) is 0 Å². The number of anilines is 1. The van der Waals surface area contributed by atoms with Crippen molar-refractivity contribution in [3.8, 4) is 11.5 Å². The van der Waals surface area contributed by atoms with E-state index in [1.165, 1.54) is 0 Å². The Morgan fingerprint density at radius 1 is 1.12 bits per heavy atom. The van der Waals surface area contributed by atoms with Gasteiger partial charge in [0.05, 0.1) is 16.9 Å². The van der Waals surface area contributed by atoms with E-state index in [1.807, 2.05) is 25.1 Å². The van der Waals surface area contributed by atoms with Crippen LogP contribution in [0.5, 0.6) is 11.5 Å². The Labute approximate surface area is 93.0 Å². The maximum Gasteiger partial charge on any atom is 0.163 e. The molecule has 2 N–H and O–H groups in total. The van der Waals surface area contributed by atoms with E-state index in [4.69, 9.17) is 15.2 Å². The van der Waals surface area contributed by atoms with Gasteiger partial charge in [0.25, 0.3) is 0 Å². The Morgan fingerprint density at radius 3 is 2.56 bits per heavy atom. The lowest BCUT2D eigenvalue weighted by molar-refractivity contribution is 0.172. The third-order valence-electron chi connectivity index (χ3n) is 2.71. The van der Waals surface area contributed by atoms with Crippen molar-refractivity contribution >= 4 is 16.6 Å². The van der Waals surface area contributed by atoms with E-state index in [9.17, 15) is 0 Å². The van der Waals surface area contributed by atoms with Gasteiger partial charge in [0.2, 0.25) is 0 Å². The van der Waals surface area contributed by atoms with Gasteiger partial charge in [0, 0.05) is 11.5 Å². The van der Waals surface area contributed by atoms with E-state index >= 15 is 0 Å². The van der Waals surface area contributed by atoms with E-state index in [1.54, 1.807) is 0 Å². The summed E-state index contributed by atoms with van der Waals surface area (Å²) in [6.07, 6.45) is 0. The molecule has 1 aromatic carbocycles. The fraction of sp³-hybridized carbons (Fsp3) is 0.250. The highest BCUT2D eigenvalue weighted by molar-refractivity contribution is 5.85. The number of ether oxygens (including phenoxy) is 2. The molecular weight excluding hydrogens is 204 g/mol. The van der Waals surface area contributed by atoms with Crippen LogP contribution in [0.25, 0.3) is 10.9 Å². The second-order valence-electron chi connectivity index (χ2n) is 3.85. The van der Waals surface area contributed by atoms with E-state index < -0.39 is 0 Å². The average molecular weight is 216 g/mol. The molecule has 2 heterocycles. The van der Waals surface area contributed by atoms with Crippen LogP contribution in [0, 0.1) is 6.92 Å². The minimum Gasteiger partial charge on any atom is -0.486 e. The van der Waals surface area contributed by atoms with Gasteiger partial charge in [-0.15, -0.1) is 0 Å². The first-order valence-electron chi connectivity index (χ1n) is 5.20. The number of nitrogens with zero attached hydrogens (tertiary/aromatic N) is 1. The van der Waals surface area contributed by atoms with Crippen molar-refractivity contribution in [1.82, 2.24) is 4.98 Å². The van der Waals surface area contributed by atoms with Crippen LogP contribution in [0.15, 0.2) is 18.2 Å². The molecule has 2 aromatic rings. The molecule has 0 fully saturated rings. The number of rotatable bonds is 0. The van der Waals surface area contributed by atoms with Crippen LogP contribution in [0.2, 0.25) is 0 Å². The summed E-state index contributed by atoms with van der Waals surface area (Å²) in [4.78, 5) is 4.42. The molecule has 0 saturated carbocycles. The first-order chi connectivity index (χ1) is 7.74. The van der Waals surface area contributed by atoms with Gasteiger partial charge < -0.3 is 15.2 Å². The second-order valence-corrected chi connectivity index (χ2v) is 3.85. The number of benzene rings is 1. The molecule has 0 unspecified atom stereocenters. The SMILES string of the molecule is Cc1nc2cc3c(cc2cc1N)OCCO3. The van der Waals surface area contributed by atoms with Crippen molar-refractivity contribution in [3.05, 3.63) is 23.9 Å². The van der Waals surface area contributed by atoms with Gasteiger partial charge in [0.15, 0.2) is 11.5 Å². The Morgan fingerprint density at radius 2 is 1.81 bits per heavy atom. The normalized spacial score (nSPS) is 14.1. The number of nitrogen functional groups attached to an aromatic ring is 1. The summed E-state index contributed by atoms with van der Waals surface area (Å²) in [7, 11) is 0. The zero-order valence-corrected chi connectivity index (χ0v) is 8.99. The molecule has 16 heavy (non-hydrogen) atoms. The maximum absolute atomic E-state index is 5.83. The summed E-state index contributed by atoms with van der Waals surface area (Å²) in [6.45, 7) is 3.07. The zero-order valence-electron chi connectivity index (χ0n) is 8.99. The molecule has 1 aliphatic rings. The predicted octanol–water partition coefficient (Wildman–Crippen LogP) is 1.90. The molecule has 4 heteroatoms. The Kier molecular flexibility index (Phi) is 1.89. The average Bonchev–Trinajstić information content (AvgIpc) is 2.28. The van der Waals surface area contributed by atoms with Crippen LogP contribution < -0.4 is 15.2 Å². The number of pyridine rings is 1. The molecule has 0 atom stereocenters. The molecule has 1 aromatic heterocycles. The standard InChI is InChI=1S/C12H12N2O2/c1-7-9(13)4-8-5-11-12(6-10(8)14-7)16-3-2-15-11/h4-6H,2-3,13H2,1H3. The summed E-state index contributed by atoms with van der Waals surface area (Å²) in [5.41, 5.74) is 8.25. The minimum atomic E-state index is 0.590. The summed E-state index contributed by atoms with van der Waals surface area (Å²) in [5, 5.41) is 0.979. The number of aromatic nitrogens is 1. The molecule has 82 valence electrons. The number of fused-ring (bicyclic) bond motifs is 2. The lowest BCUT2D eigenvalue weighted by Crippen LogP contribution is -2.15. The van der Waals surface area contributed by atoms with Gasteiger partial charge in [-0.3, -0.25) is 4.98 Å². The number of hydrogen-bond acceptors (Lipinski definition) is 4. The Hall–Kier alpha value is -1.97. The summed E-state index contributed by atoms with van der Waals surface area (Å²) >= 11 is 0. The monoisotopic (exact) mass is 216 g/mol. The van der Waals surface area contributed by atoms with Gasteiger partial charge in [-0.05, 0) is 19.1 Å². The molecule has 0 bridgehead atoms. The molecule has 0 spiro atoms. The Bertz CT molecular complexity index is 516. The van der Waals surface area contributed by atoms with Crippen molar-refractivity contribution < 1.29 is 9.47 Å². The maximum atomic E-state index is 5.83. The fourth-order valence-corrected chi connectivity index (χ4v) is 1.82. The summed E-state index contributed by atoms with van der Waals surface area (Å²) < 4.78 is 11.0. The van der Waals surface area contributed by atoms with E-state index in [2.05, 4.69) is 4.98 Å². The summed E-state index contributed by atoms with van der Waals surface area (Å²) in [6, 6.07) is 5.73. The number of nitrogens with two attached hydrogens (primary N) is 1. The van der Waals surface area contributed by atoms with Gasteiger partial charge in [-0.2, -0.15) is 0 Å². The van der Waals surface area contributed by atoms with Crippen molar-refractivity contribution in [2.75, 3.05) is 18.9 Å². The zero-order chi connectivity index (χ0) is 11.1. The van der Waals surface area contributed by atoms with Gasteiger partial charge in [0.1, 0.15) is 13.2 Å². The largest absolute Gasteiger partial charge is 0.486 e. The van der Waals surface area contributed by atoms with Crippen LogP contribution >= 0.6 is 0 Å². The molecule has 0 amide bonds. The number of hydrogen-bond donors (Lipinski definition) is 1. The van der Waals surface area contributed by atoms with Gasteiger partial charge in [-0.1, -0.05) is 0 Å². The highest BCUT2D eigenvalue weighted by Crippen LogP contribution is 2.34. The van der Waals surface area contributed by atoms with E-state index in [0.717, 1.165) is 28.1 Å². The van der Waals surface area contributed by atoms with Crippen LogP contribution in [0.4, 0.5) is 5.69 Å². The van der Waals surface area contributed by atoms with Crippen LogP contribution in [0.3, 0.4) is 0 Å². The molecular formula is C12H12N2O2. The quantitative estimate of drug-likeness (QED) is 0.730. The van der Waals surface area contributed by atoms with Crippen LogP contribution in [-0.4, -0.2) is 18.2 Å². The topological polar surface area (TPSA) is 57.4 Å².